The molecule has 1 aromatic carbocycles. The van der Waals surface area contributed by atoms with Crippen LogP contribution in [-0.2, 0) is 0 Å². The van der Waals surface area contributed by atoms with Crippen molar-refractivity contribution in [2.45, 2.75) is 26.3 Å². The smallest absolute Gasteiger partial charge is 0.135 e. The van der Waals surface area contributed by atoms with Crippen molar-refractivity contribution in [3.63, 3.8) is 0 Å². The van der Waals surface area contributed by atoms with Crippen LogP contribution in [0.2, 0.25) is 0 Å². The predicted octanol–water partition coefficient (Wildman–Crippen LogP) is 4.31. The van der Waals surface area contributed by atoms with E-state index in [1.807, 2.05) is 17.2 Å². The molecule has 2 N–H and O–H groups in total. The Bertz CT molecular complexity index is 766. The van der Waals surface area contributed by atoms with Crippen LogP contribution in [-0.4, -0.2) is 33.4 Å². The molecule has 3 rings (SSSR count). The topological polar surface area (TPSA) is 60.2 Å². The van der Waals surface area contributed by atoms with E-state index in [9.17, 15) is 9.50 Å². The molecule has 0 spiro atoms. The highest BCUT2D eigenvalue weighted by Crippen LogP contribution is 2.33. The lowest BCUT2D eigenvalue weighted by Crippen LogP contribution is -2.34. The monoisotopic (exact) mass is 331 g/mol. The number of aromatic nitrogens is 1. The molecule has 1 aromatic heterocycles. The van der Waals surface area contributed by atoms with Gasteiger partial charge in [0.05, 0.1) is 17.8 Å². The fourth-order valence-corrected chi connectivity index (χ4v) is 3.46. The third kappa shape index (κ3) is 2.86. The van der Waals surface area contributed by atoms with E-state index in [1.54, 1.807) is 12.1 Å². The third-order valence-corrected chi connectivity index (χ3v) is 4.97. The molecule has 2 heterocycles. The number of aliphatic hydroxyl groups excluding tert-OH is 1. The van der Waals surface area contributed by atoms with Gasteiger partial charge >= 0.3 is 0 Å². The first kappa shape index (κ1) is 15.7. The van der Waals surface area contributed by atoms with E-state index >= 15 is 0 Å². The molecular formula is C17H18FN3OS. The lowest BCUT2D eigenvalue weighted by Gasteiger charge is -2.25. The maximum atomic E-state index is 13.0. The lowest BCUT2D eigenvalue weighted by atomic mass is 10.2. The van der Waals surface area contributed by atoms with Gasteiger partial charge in [0.1, 0.15) is 22.4 Å². The van der Waals surface area contributed by atoms with Crippen LogP contribution in [0.25, 0.3) is 16.8 Å². The second-order valence-electron chi connectivity index (χ2n) is 5.60. The zero-order valence-corrected chi connectivity index (χ0v) is 13.8. The number of hydrogen-bond donors (Lipinski definition) is 2. The molecule has 0 radical (unpaired) electrons. The standard InChI is InChI=1S/C17H18FN3OS/c1-3-10(2)21-8-14(22)15(16(21)19)17-20-13(9-23-17)11-4-6-12(18)7-5-11/h4-7,9-10,19,22H,3,8H2,1-2H3/t10-/m0/s1. The van der Waals surface area contributed by atoms with E-state index in [0.717, 1.165) is 17.7 Å². The van der Waals surface area contributed by atoms with Crippen LogP contribution < -0.4 is 0 Å². The van der Waals surface area contributed by atoms with Crippen LogP contribution in [0, 0.1) is 11.2 Å². The van der Waals surface area contributed by atoms with Gasteiger partial charge in [0.2, 0.25) is 0 Å². The summed E-state index contributed by atoms with van der Waals surface area (Å²) in [5.41, 5.74) is 2.04. The number of hydrogen-bond acceptors (Lipinski definition) is 4. The molecule has 0 amide bonds. The average molecular weight is 331 g/mol. The van der Waals surface area contributed by atoms with Gasteiger partial charge in [0.25, 0.3) is 0 Å². The van der Waals surface area contributed by atoms with Crippen LogP contribution in [0.5, 0.6) is 0 Å². The van der Waals surface area contributed by atoms with Crippen molar-refractivity contribution in [2.75, 3.05) is 6.54 Å². The first-order valence-corrected chi connectivity index (χ1v) is 8.38. The van der Waals surface area contributed by atoms with Gasteiger partial charge in [-0.25, -0.2) is 9.37 Å². The van der Waals surface area contributed by atoms with Crippen LogP contribution in [0.3, 0.4) is 0 Å². The predicted molar refractivity (Wildman–Crippen MR) is 91.2 cm³/mol. The Morgan fingerprint density at radius 2 is 2.09 bits per heavy atom. The minimum atomic E-state index is -0.286. The highest BCUT2D eigenvalue weighted by atomic mass is 32.1. The van der Waals surface area contributed by atoms with Gasteiger partial charge in [-0.05, 0) is 37.6 Å². The number of nitrogens with one attached hydrogen (secondary N) is 1. The summed E-state index contributed by atoms with van der Waals surface area (Å²) in [6, 6.07) is 6.33. The molecule has 23 heavy (non-hydrogen) atoms. The molecule has 0 aliphatic carbocycles. The molecule has 0 saturated carbocycles. The molecule has 1 atom stereocenters. The Kier molecular flexibility index (Phi) is 4.17. The Morgan fingerprint density at radius 1 is 1.39 bits per heavy atom. The molecule has 0 unspecified atom stereocenters. The first-order valence-electron chi connectivity index (χ1n) is 7.50. The summed E-state index contributed by atoms with van der Waals surface area (Å²) in [5, 5.41) is 21.1. The van der Waals surface area contributed by atoms with E-state index < -0.39 is 0 Å². The lowest BCUT2D eigenvalue weighted by molar-refractivity contribution is 0.301. The van der Waals surface area contributed by atoms with Crippen LogP contribution >= 0.6 is 11.3 Å². The van der Waals surface area contributed by atoms with Crippen LogP contribution in [0.15, 0.2) is 35.4 Å². The van der Waals surface area contributed by atoms with Gasteiger partial charge in [0.15, 0.2) is 0 Å². The third-order valence-electron chi connectivity index (χ3n) is 4.11. The number of nitrogens with zero attached hydrogens (tertiary/aromatic N) is 2. The van der Waals surface area contributed by atoms with Crippen molar-refractivity contribution < 1.29 is 9.50 Å². The van der Waals surface area contributed by atoms with Gasteiger partial charge in [-0.2, -0.15) is 0 Å². The molecule has 0 bridgehead atoms. The van der Waals surface area contributed by atoms with Gasteiger partial charge < -0.3 is 10.0 Å². The summed E-state index contributed by atoms with van der Waals surface area (Å²) < 4.78 is 13.0. The number of halogens is 1. The minimum Gasteiger partial charge on any atom is -0.510 e. The van der Waals surface area contributed by atoms with Crippen molar-refractivity contribution in [2.24, 2.45) is 0 Å². The van der Waals surface area contributed by atoms with E-state index in [4.69, 9.17) is 5.41 Å². The first-order chi connectivity index (χ1) is 11.0. The van der Waals surface area contributed by atoms with E-state index in [0.29, 0.717) is 23.0 Å². The molecule has 1 aliphatic rings. The van der Waals surface area contributed by atoms with E-state index in [-0.39, 0.29) is 17.6 Å². The molecule has 2 aromatic rings. The molecule has 0 saturated heterocycles. The van der Waals surface area contributed by atoms with Crippen LogP contribution in [0.4, 0.5) is 4.39 Å². The minimum absolute atomic E-state index is 0.190. The van der Waals surface area contributed by atoms with E-state index in [2.05, 4.69) is 11.9 Å². The fraction of sp³-hybridized carbons (Fsp3) is 0.294. The van der Waals surface area contributed by atoms with Crippen molar-refractivity contribution in [1.82, 2.24) is 9.88 Å². The molecule has 120 valence electrons. The number of rotatable bonds is 4. The van der Waals surface area contributed by atoms with Crippen LogP contribution in [0.1, 0.15) is 25.3 Å². The molecule has 1 aliphatic heterocycles. The molecular weight excluding hydrogens is 313 g/mol. The number of benzene rings is 1. The van der Waals surface area contributed by atoms with Gasteiger partial charge in [0, 0.05) is 17.0 Å². The van der Waals surface area contributed by atoms with Gasteiger partial charge in [-0.1, -0.05) is 6.92 Å². The SMILES string of the molecule is CC[C@H](C)N1CC(O)=C(c2nc(-c3ccc(F)cc3)cs2)C1=N. The number of amidine groups is 1. The second kappa shape index (κ2) is 6.12. The van der Waals surface area contributed by atoms with E-state index in [1.165, 1.54) is 23.5 Å². The maximum Gasteiger partial charge on any atom is 0.135 e. The van der Waals surface area contributed by atoms with Crippen molar-refractivity contribution >= 4 is 22.7 Å². The summed E-state index contributed by atoms with van der Waals surface area (Å²) >= 11 is 1.38. The maximum absolute atomic E-state index is 13.0. The quantitative estimate of drug-likeness (QED) is 0.877. The zero-order chi connectivity index (χ0) is 16.6. The largest absolute Gasteiger partial charge is 0.510 e. The highest BCUT2D eigenvalue weighted by molar-refractivity contribution is 7.11. The molecule has 4 nitrogen and oxygen atoms in total. The second-order valence-corrected chi connectivity index (χ2v) is 6.46. The highest BCUT2D eigenvalue weighted by Gasteiger charge is 2.32. The average Bonchev–Trinajstić information content (AvgIpc) is 3.12. The Balaban J connectivity index is 1.90. The summed E-state index contributed by atoms with van der Waals surface area (Å²) in [4.78, 5) is 6.40. The summed E-state index contributed by atoms with van der Waals surface area (Å²) in [7, 11) is 0. The van der Waals surface area contributed by atoms with Gasteiger partial charge in [-0.3, -0.25) is 5.41 Å². The molecule has 6 heteroatoms. The fourth-order valence-electron chi connectivity index (χ4n) is 2.56. The molecule has 0 fully saturated rings. The summed E-state index contributed by atoms with van der Waals surface area (Å²) in [6.45, 7) is 4.45. The van der Waals surface area contributed by atoms with Crippen molar-refractivity contribution in [3.8, 4) is 11.3 Å². The normalized spacial score (nSPS) is 16.3. The summed E-state index contributed by atoms with van der Waals surface area (Å²) in [6.07, 6.45) is 0.904. The van der Waals surface area contributed by atoms with Crippen molar-refractivity contribution in [1.29, 1.82) is 5.41 Å². The number of aliphatic hydroxyl groups is 1. The Morgan fingerprint density at radius 3 is 2.74 bits per heavy atom. The Hall–Kier alpha value is -2.21. The Labute approximate surface area is 138 Å². The van der Waals surface area contributed by atoms with Gasteiger partial charge in [-0.15, -0.1) is 11.3 Å². The van der Waals surface area contributed by atoms with Crippen molar-refractivity contribution in [3.05, 3.63) is 46.2 Å². The number of thiazole rings is 1. The zero-order valence-electron chi connectivity index (χ0n) is 13.0. The summed E-state index contributed by atoms with van der Waals surface area (Å²) in [5.74, 6) is 0.221.